The summed E-state index contributed by atoms with van der Waals surface area (Å²) in [7, 11) is 0. The van der Waals surface area contributed by atoms with E-state index in [2.05, 4.69) is 41.5 Å². The van der Waals surface area contributed by atoms with Gasteiger partial charge in [-0.25, -0.2) is 0 Å². The molecule has 0 amide bonds. The third-order valence-electron chi connectivity index (χ3n) is 6.98. The summed E-state index contributed by atoms with van der Waals surface area (Å²) in [6, 6.07) is 0. The molecule has 0 aromatic carbocycles. The second-order valence-electron chi connectivity index (χ2n) is 10.7. The number of ether oxygens (including phenoxy) is 1. The van der Waals surface area contributed by atoms with Crippen LogP contribution in [0.2, 0.25) is 0 Å². The number of aliphatic carboxylic acids is 1. The molecule has 2 aliphatic carbocycles. The fourth-order valence-corrected chi connectivity index (χ4v) is 5.01. The number of carboxylic acid groups (broad SMARTS) is 1. The second-order valence-corrected chi connectivity index (χ2v) is 10.7. The van der Waals surface area contributed by atoms with Crippen LogP contribution in [0.25, 0.3) is 0 Å². The number of hydrogen-bond acceptors (Lipinski definition) is 3. The Kier molecular flexibility index (Phi) is 7.38. The molecule has 0 radical (unpaired) electrons. The summed E-state index contributed by atoms with van der Waals surface area (Å²) < 4.78 is 6.10. The van der Waals surface area contributed by atoms with Gasteiger partial charge in [0, 0.05) is 0 Å². The normalized spacial score (nSPS) is 36.1. The summed E-state index contributed by atoms with van der Waals surface area (Å²) >= 11 is 0. The second kappa shape index (κ2) is 8.96. The topological polar surface area (TPSA) is 63.6 Å². The molecule has 0 saturated heterocycles. The Hall–Kier alpha value is -1.06. The minimum Gasteiger partial charge on any atom is -0.481 e. The Balaban J connectivity index is 2.11. The Labute approximate surface area is 165 Å². The average Bonchev–Trinajstić information content (AvgIpc) is 2.55. The van der Waals surface area contributed by atoms with Crippen LogP contribution in [0.5, 0.6) is 0 Å². The molecule has 4 nitrogen and oxygen atoms in total. The standard InChI is InChI=1S/C23H40O4/c1-14-7-10-18(19(11-14)21(24)25)22(26)27-20(13-23(4,5)6)17-9-8-15(2)16(3)12-17/h14-20H,7-13H2,1-6H3,(H,24,25). The molecule has 156 valence electrons. The van der Waals surface area contributed by atoms with E-state index in [-0.39, 0.29) is 17.5 Å². The van der Waals surface area contributed by atoms with Gasteiger partial charge < -0.3 is 9.84 Å². The largest absolute Gasteiger partial charge is 0.481 e. The van der Waals surface area contributed by atoms with Crippen molar-refractivity contribution in [2.75, 3.05) is 0 Å². The molecule has 2 aliphatic rings. The molecule has 0 aliphatic heterocycles. The maximum atomic E-state index is 13.0. The summed E-state index contributed by atoms with van der Waals surface area (Å²) in [5, 5.41) is 9.60. The SMILES string of the molecule is CC1CCC(C(=O)OC(CC(C)(C)C)C2CCC(C)C(C)C2)C(C(=O)O)C1. The van der Waals surface area contributed by atoms with Gasteiger partial charge in [0.15, 0.2) is 0 Å². The van der Waals surface area contributed by atoms with E-state index in [0.717, 1.165) is 31.6 Å². The van der Waals surface area contributed by atoms with E-state index in [9.17, 15) is 14.7 Å². The van der Waals surface area contributed by atoms with E-state index < -0.39 is 17.8 Å². The highest BCUT2D eigenvalue weighted by molar-refractivity contribution is 5.81. The van der Waals surface area contributed by atoms with Gasteiger partial charge in [0.25, 0.3) is 0 Å². The first-order chi connectivity index (χ1) is 12.5. The summed E-state index contributed by atoms with van der Waals surface area (Å²) in [6.07, 6.45) is 6.25. The molecule has 2 fully saturated rings. The van der Waals surface area contributed by atoms with Gasteiger partial charge in [-0.15, -0.1) is 0 Å². The fraction of sp³-hybridized carbons (Fsp3) is 0.913. The molecule has 0 aromatic heterocycles. The van der Waals surface area contributed by atoms with Crippen molar-refractivity contribution in [3.8, 4) is 0 Å². The predicted molar refractivity (Wildman–Crippen MR) is 107 cm³/mol. The van der Waals surface area contributed by atoms with Crippen molar-refractivity contribution in [3.63, 3.8) is 0 Å². The van der Waals surface area contributed by atoms with Crippen LogP contribution in [0, 0.1) is 40.9 Å². The van der Waals surface area contributed by atoms with Gasteiger partial charge in [-0.05, 0) is 67.6 Å². The monoisotopic (exact) mass is 380 g/mol. The van der Waals surface area contributed by atoms with Crippen molar-refractivity contribution >= 4 is 11.9 Å². The van der Waals surface area contributed by atoms with E-state index in [1.807, 2.05) is 0 Å². The number of carboxylic acids is 1. The van der Waals surface area contributed by atoms with Gasteiger partial charge in [-0.1, -0.05) is 48.0 Å². The quantitative estimate of drug-likeness (QED) is 0.636. The minimum absolute atomic E-state index is 0.0739. The van der Waals surface area contributed by atoms with E-state index in [1.165, 1.54) is 6.42 Å². The van der Waals surface area contributed by atoms with Gasteiger partial charge in [0.05, 0.1) is 11.8 Å². The Bertz CT molecular complexity index is 521. The third kappa shape index (κ3) is 6.22. The highest BCUT2D eigenvalue weighted by atomic mass is 16.5. The first kappa shape index (κ1) is 22.2. The molecule has 0 heterocycles. The van der Waals surface area contributed by atoms with E-state index in [0.29, 0.717) is 30.6 Å². The Morgan fingerprint density at radius 2 is 1.63 bits per heavy atom. The number of esters is 1. The lowest BCUT2D eigenvalue weighted by Crippen LogP contribution is -2.41. The molecule has 0 spiro atoms. The van der Waals surface area contributed by atoms with Crippen molar-refractivity contribution < 1.29 is 19.4 Å². The number of hydrogen-bond donors (Lipinski definition) is 1. The van der Waals surface area contributed by atoms with Crippen LogP contribution in [0.4, 0.5) is 0 Å². The lowest BCUT2D eigenvalue weighted by atomic mass is 9.71. The van der Waals surface area contributed by atoms with E-state index >= 15 is 0 Å². The van der Waals surface area contributed by atoms with Crippen LogP contribution in [-0.2, 0) is 14.3 Å². The first-order valence-corrected chi connectivity index (χ1v) is 10.9. The van der Waals surface area contributed by atoms with Crippen LogP contribution in [-0.4, -0.2) is 23.1 Å². The molecule has 0 bridgehead atoms. The van der Waals surface area contributed by atoms with Gasteiger partial charge in [0.1, 0.15) is 6.10 Å². The molecular formula is C23H40O4. The number of carbonyl (C=O) groups excluding carboxylic acids is 1. The summed E-state index contributed by atoms with van der Waals surface area (Å²) in [5.41, 5.74) is 0.0739. The molecule has 7 unspecified atom stereocenters. The first-order valence-electron chi connectivity index (χ1n) is 10.9. The van der Waals surface area contributed by atoms with E-state index in [4.69, 9.17) is 4.74 Å². The maximum absolute atomic E-state index is 13.0. The Morgan fingerprint density at radius 1 is 0.963 bits per heavy atom. The third-order valence-corrected chi connectivity index (χ3v) is 6.98. The van der Waals surface area contributed by atoms with Gasteiger partial charge in [-0.2, -0.15) is 0 Å². The van der Waals surface area contributed by atoms with Crippen LogP contribution in [0.1, 0.15) is 86.5 Å². The minimum atomic E-state index is -0.851. The van der Waals surface area contributed by atoms with Crippen LogP contribution < -0.4 is 0 Å². The van der Waals surface area contributed by atoms with Crippen molar-refractivity contribution in [2.45, 2.75) is 92.6 Å². The number of rotatable bonds is 5. The summed E-state index contributed by atoms with van der Waals surface area (Å²) in [5.74, 6) is -0.0733. The molecule has 2 saturated carbocycles. The van der Waals surface area contributed by atoms with Crippen molar-refractivity contribution in [1.29, 1.82) is 0 Å². The van der Waals surface area contributed by atoms with Crippen molar-refractivity contribution in [3.05, 3.63) is 0 Å². The lowest BCUT2D eigenvalue weighted by molar-refractivity contribution is -0.169. The zero-order chi connectivity index (χ0) is 20.4. The molecule has 27 heavy (non-hydrogen) atoms. The number of carbonyl (C=O) groups is 2. The Morgan fingerprint density at radius 3 is 2.19 bits per heavy atom. The smallest absolute Gasteiger partial charge is 0.310 e. The predicted octanol–water partition coefficient (Wildman–Crippen LogP) is 5.54. The lowest BCUT2D eigenvalue weighted by Gasteiger charge is -2.39. The molecule has 4 heteroatoms. The summed E-state index contributed by atoms with van der Waals surface area (Å²) in [4.78, 5) is 24.7. The molecule has 1 N–H and O–H groups in total. The highest BCUT2D eigenvalue weighted by Crippen LogP contribution is 2.41. The van der Waals surface area contributed by atoms with Gasteiger partial charge in [-0.3, -0.25) is 9.59 Å². The van der Waals surface area contributed by atoms with Gasteiger partial charge in [0.2, 0.25) is 0 Å². The van der Waals surface area contributed by atoms with Crippen molar-refractivity contribution in [1.82, 2.24) is 0 Å². The van der Waals surface area contributed by atoms with Crippen LogP contribution in [0.3, 0.4) is 0 Å². The maximum Gasteiger partial charge on any atom is 0.310 e. The fourth-order valence-electron chi connectivity index (χ4n) is 5.01. The average molecular weight is 381 g/mol. The molecule has 0 aromatic rings. The highest BCUT2D eigenvalue weighted by Gasteiger charge is 2.41. The van der Waals surface area contributed by atoms with Crippen LogP contribution in [0.15, 0.2) is 0 Å². The zero-order valence-corrected chi connectivity index (χ0v) is 18.2. The summed E-state index contributed by atoms with van der Waals surface area (Å²) in [6.45, 7) is 13.2. The van der Waals surface area contributed by atoms with Gasteiger partial charge >= 0.3 is 11.9 Å². The molecule has 2 rings (SSSR count). The van der Waals surface area contributed by atoms with E-state index in [1.54, 1.807) is 0 Å². The van der Waals surface area contributed by atoms with Crippen molar-refractivity contribution in [2.24, 2.45) is 40.9 Å². The molecular weight excluding hydrogens is 340 g/mol. The zero-order valence-electron chi connectivity index (χ0n) is 18.2. The van der Waals surface area contributed by atoms with Crippen LogP contribution >= 0.6 is 0 Å². The molecule has 7 atom stereocenters.